The van der Waals surface area contributed by atoms with Gasteiger partial charge in [-0.1, -0.05) is 0 Å². The third-order valence-corrected chi connectivity index (χ3v) is 2.81. The molecule has 5 nitrogen and oxygen atoms in total. The Hall–Kier alpha value is -1.13. The second-order valence-electron chi connectivity index (χ2n) is 3.82. The van der Waals surface area contributed by atoms with E-state index in [-0.39, 0.29) is 16.9 Å². The number of nitrogens with one attached hydrogen (secondary N) is 1. The normalized spacial score (nSPS) is 34.0. The van der Waals surface area contributed by atoms with Crippen molar-refractivity contribution in [2.75, 3.05) is 0 Å². The molecule has 0 aromatic heterocycles. The van der Waals surface area contributed by atoms with Crippen molar-refractivity contribution in [2.45, 2.75) is 37.8 Å². The lowest BCUT2D eigenvalue weighted by Gasteiger charge is -2.26. The zero-order chi connectivity index (χ0) is 9.42. The molecule has 1 aliphatic heterocycles. The van der Waals surface area contributed by atoms with Gasteiger partial charge in [-0.05, 0) is 18.8 Å². The molecule has 2 atom stereocenters. The van der Waals surface area contributed by atoms with Crippen molar-refractivity contribution < 1.29 is 9.72 Å². The molecule has 0 radical (unpaired) electrons. The SMILES string of the molecule is O=C1CC[C@@H]([N+](=O)[O-])[C@H](C2CC2)N1. The van der Waals surface area contributed by atoms with Crippen LogP contribution in [-0.2, 0) is 4.79 Å². The van der Waals surface area contributed by atoms with Gasteiger partial charge in [0.15, 0.2) is 0 Å². The molecule has 0 bridgehead atoms. The molecule has 2 fully saturated rings. The first-order chi connectivity index (χ1) is 6.18. The Kier molecular flexibility index (Phi) is 1.94. The predicted octanol–water partition coefficient (Wildman–Crippen LogP) is 0.320. The van der Waals surface area contributed by atoms with E-state index in [0.717, 1.165) is 12.8 Å². The van der Waals surface area contributed by atoms with E-state index in [9.17, 15) is 14.9 Å². The summed E-state index contributed by atoms with van der Waals surface area (Å²) in [6.07, 6.45) is 2.75. The zero-order valence-electron chi connectivity index (χ0n) is 7.23. The Balaban J connectivity index is 2.07. The molecule has 0 aromatic rings. The largest absolute Gasteiger partial charge is 0.346 e. The van der Waals surface area contributed by atoms with Crippen molar-refractivity contribution >= 4 is 5.91 Å². The van der Waals surface area contributed by atoms with E-state index in [0.29, 0.717) is 18.8 Å². The Bertz CT molecular complexity index is 250. The molecule has 2 rings (SSSR count). The fraction of sp³-hybridized carbons (Fsp3) is 0.875. The van der Waals surface area contributed by atoms with Crippen LogP contribution in [0.3, 0.4) is 0 Å². The lowest BCUT2D eigenvalue weighted by atomic mass is 9.95. The Morgan fingerprint density at radius 3 is 2.62 bits per heavy atom. The second kappa shape index (κ2) is 2.97. The van der Waals surface area contributed by atoms with Crippen LogP contribution in [0.2, 0.25) is 0 Å². The monoisotopic (exact) mass is 184 g/mol. The smallest absolute Gasteiger partial charge is 0.233 e. The van der Waals surface area contributed by atoms with Crippen molar-refractivity contribution in [1.29, 1.82) is 0 Å². The number of nitro groups is 1. The number of carbonyl (C=O) groups excluding carboxylic acids is 1. The number of hydrogen-bond donors (Lipinski definition) is 1. The van der Waals surface area contributed by atoms with Crippen molar-refractivity contribution in [2.24, 2.45) is 5.92 Å². The highest BCUT2D eigenvalue weighted by molar-refractivity contribution is 5.77. The van der Waals surface area contributed by atoms with E-state index in [1.54, 1.807) is 0 Å². The van der Waals surface area contributed by atoms with Crippen LogP contribution in [0, 0.1) is 16.0 Å². The number of rotatable bonds is 2. The van der Waals surface area contributed by atoms with Crippen molar-refractivity contribution in [3.05, 3.63) is 10.1 Å². The molecular formula is C8H12N2O3. The van der Waals surface area contributed by atoms with Gasteiger partial charge in [-0.2, -0.15) is 0 Å². The van der Waals surface area contributed by atoms with Gasteiger partial charge in [0.1, 0.15) is 0 Å². The summed E-state index contributed by atoms with van der Waals surface area (Å²) in [5, 5.41) is 13.4. The summed E-state index contributed by atoms with van der Waals surface area (Å²) >= 11 is 0. The minimum atomic E-state index is -0.551. The number of amides is 1. The first-order valence-electron chi connectivity index (χ1n) is 4.61. The van der Waals surface area contributed by atoms with Gasteiger partial charge < -0.3 is 5.32 Å². The third-order valence-electron chi connectivity index (χ3n) is 2.81. The van der Waals surface area contributed by atoms with E-state index in [1.807, 2.05) is 0 Å². The van der Waals surface area contributed by atoms with Crippen LogP contribution in [0.15, 0.2) is 0 Å². The first-order valence-corrected chi connectivity index (χ1v) is 4.61. The maximum atomic E-state index is 11.0. The summed E-state index contributed by atoms with van der Waals surface area (Å²) < 4.78 is 0. The number of hydrogen-bond acceptors (Lipinski definition) is 3. The van der Waals surface area contributed by atoms with Gasteiger partial charge in [-0.25, -0.2) is 0 Å². The second-order valence-corrected chi connectivity index (χ2v) is 3.82. The number of piperidine rings is 1. The molecule has 0 aromatic carbocycles. The highest BCUT2D eigenvalue weighted by Gasteiger charge is 2.45. The molecule has 1 heterocycles. The summed E-state index contributed by atoms with van der Waals surface area (Å²) in [5.41, 5.74) is 0. The van der Waals surface area contributed by atoms with Crippen LogP contribution in [0.1, 0.15) is 25.7 Å². The molecule has 0 unspecified atom stereocenters. The highest BCUT2D eigenvalue weighted by atomic mass is 16.6. The lowest BCUT2D eigenvalue weighted by Crippen LogP contribution is -2.52. The van der Waals surface area contributed by atoms with Gasteiger partial charge in [0, 0.05) is 17.8 Å². The topological polar surface area (TPSA) is 72.2 Å². The van der Waals surface area contributed by atoms with Gasteiger partial charge in [-0.15, -0.1) is 0 Å². The molecular weight excluding hydrogens is 172 g/mol. The lowest BCUT2D eigenvalue weighted by molar-refractivity contribution is -0.529. The number of nitrogens with zero attached hydrogens (tertiary/aromatic N) is 1. The maximum absolute atomic E-state index is 11.0. The molecule has 1 aliphatic carbocycles. The summed E-state index contributed by atoms with van der Waals surface area (Å²) in [6, 6.07) is -0.749. The third kappa shape index (κ3) is 1.64. The molecule has 1 saturated carbocycles. The van der Waals surface area contributed by atoms with Gasteiger partial charge in [0.25, 0.3) is 0 Å². The minimum Gasteiger partial charge on any atom is -0.346 e. The van der Waals surface area contributed by atoms with Gasteiger partial charge in [0.2, 0.25) is 11.9 Å². The van der Waals surface area contributed by atoms with Gasteiger partial charge in [0.05, 0.1) is 6.04 Å². The molecule has 1 N–H and O–H groups in total. The Morgan fingerprint density at radius 1 is 1.38 bits per heavy atom. The minimum absolute atomic E-state index is 0.0324. The van der Waals surface area contributed by atoms with E-state index >= 15 is 0 Å². The standard InChI is InChI=1S/C8H12N2O3/c11-7-4-3-6(10(12)13)8(9-7)5-1-2-5/h5-6,8H,1-4H2,(H,9,11)/t6-,8+/m1/s1. The van der Waals surface area contributed by atoms with Crippen LogP contribution >= 0.6 is 0 Å². The maximum Gasteiger partial charge on any atom is 0.233 e. The highest BCUT2D eigenvalue weighted by Crippen LogP contribution is 2.36. The van der Waals surface area contributed by atoms with E-state index in [4.69, 9.17) is 0 Å². The summed E-state index contributed by atoms with van der Waals surface area (Å²) in [6.45, 7) is 0. The van der Waals surface area contributed by atoms with E-state index < -0.39 is 6.04 Å². The van der Waals surface area contributed by atoms with E-state index in [1.165, 1.54) is 0 Å². The Morgan fingerprint density at radius 2 is 2.08 bits per heavy atom. The van der Waals surface area contributed by atoms with E-state index in [2.05, 4.69) is 5.32 Å². The molecule has 13 heavy (non-hydrogen) atoms. The van der Waals surface area contributed by atoms with Crippen LogP contribution in [-0.4, -0.2) is 22.9 Å². The predicted molar refractivity (Wildman–Crippen MR) is 44.7 cm³/mol. The fourth-order valence-corrected chi connectivity index (χ4v) is 1.94. The molecule has 1 amide bonds. The molecule has 1 saturated heterocycles. The van der Waals surface area contributed by atoms with Crippen LogP contribution < -0.4 is 5.32 Å². The first kappa shape index (κ1) is 8.47. The summed E-state index contributed by atoms with van der Waals surface area (Å²) in [5.74, 6) is 0.328. The summed E-state index contributed by atoms with van der Waals surface area (Å²) in [4.78, 5) is 21.5. The molecule has 5 heteroatoms. The Labute approximate surface area is 75.6 Å². The fourth-order valence-electron chi connectivity index (χ4n) is 1.94. The van der Waals surface area contributed by atoms with Crippen molar-refractivity contribution in [3.8, 4) is 0 Å². The van der Waals surface area contributed by atoms with Crippen LogP contribution in [0.5, 0.6) is 0 Å². The van der Waals surface area contributed by atoms with Crippen LogP contribution in [0.25, 0.3) is 0 Å². The van der Waals surface area contributed by atoms with Gasteiger partial charge >= 0.3 is 0 Å². The quantitative estimate of drug-likeness (QED) is 0.496. The average molecular weight is 184 g/mol. The van der Waals surface area contributed by atoms with Crippen LogP contribution in [0.4, 0.5) is 0 Å². The van der Waals surface area contributed by atoms with Crippen molar-refractivity contribution in [3.63, 3.8) is 0 Å². The summed E-state index contributed by atoms with van der Waals surface area (Å²) in [7, 11) is 0. The number of carbonyl (C=O) groups is 1. The average Bonchev–Trinajstić information content (AvgIpc) is 2.85. The molecule has 72 valence electrons. The molecule has 0 spiro atoms. The zero-order valence-corrected chi connectivity index (χ0v) is 7.23. The van der Waals surface area contributed by atoms with Gasteiger partial charge in [-0.3, -0.25) is 14.9 Å². The molecule has 2 aliphatic rings. The van der Waals surface area contributed by atoms with Crippen molar-refractivity contribution in [1.82, 2.24) is 5.32 Å².